The van der Waals surface area contributed by atoms with Gasteiger partial charge in [0.2, 0.25) is 0 Å². The van der Waals surface area contributed by atoms with Crippen molar-refractivity contribution in [1.29, 1.82) is 0 Å². The average molecular weight is 300 g/mol. The Hall–Kier alpha value is -0.950. The molecule has 1 aromatic carbocycles. The van der Waals surface area contributed by atoms with Crippen molar-refractivity contribution >= 4 is 10.1 Å². The maximum Gasteiger partial charge on any atom is 0.294 e. The fourth-order valence-corrected chi connectivity index (χ4v) is 3.88. The van der Waals surface area contributed by atoms with Crippen molar-refractivity contribution in [2.45, 2.75) is 49.0 Å². The molecule has 1 fully saturated rings. The Morgan fingerprint density at radius 3 is 2.65 bits per heavy atom. The maximum atomic E-state index is 11.6. The van der Waals surface area contributed by atoms with Crippen LogP contribution >= 0.6 is 0 Å². The standard InChI is InChI=1S/C14H20O5S/c1-10-4-5-13(20(17,18)19)12(7-10)14(9-15)6-2-3-11(16)8-14/h4-5,7,11,15-16H,2-3,6,8-9H2,1H3,(H,17,18,19). The van der Waals surface area contributed by atoms with Crippen molar-refractivity contribution in [3.05, 3.63) is 29.3 Å². The van der Waals surface area contributed by atoms with Crippen molar-refractivity contribution < 1.29 is 23.2 Å². The summed E-state index contributed by atoms with van der Waals surface area (Å²) in [5.74, 6) is 0. The SMILES string of the molecule is Cc1ccc(S(=O)(=O)O)c(C2(CO)CCCC(O)C2)c1. The van der Waals surface area contributed by atoms with Crippen LogP contribution in [0.2, 0.25) is 0 Å². The summed E-state index contributed by atoms with van der Waals surface area (Å²) in [6.45, 7) is 1.57. The zero-order valence-electron chi connectivity index (χ0n) is 11.4. The molecule has 112 valence electrons. The number of aryl methyl sites for hydroxylation is 1. The fourth-order valence-electron chi connectivity index (χ4n) is 3.09. The number of benzene rings is 1. The smallest absolute Gasteiger partial charge is 0.294 e. The molecular formula is C14H20O5S. The van der Waals surface area contributed by atoms with E-state index in [0.717, 1.165) is 5.56 Å². The van der Waals surface area contributed by atoms with Crippen LogP contribution in [0, 0.1) is 6.92 Å². The van der Waals surface area contributed by atoms with Crippen LogP contribution in [0.5, 0.6) is 0 Å². The summed E-state index contributed by atoms with van der Waals surface area (Å²) in [5.41, 5.74) is 0.441. The molecule has 2 atom stereocenters. The third-order valence-electron chi connectivity index (χ3n) is 4.11. The van der Waals surface area contributed by atoms with Gasteiger partial charge in [0, 0.05) is 5.41 Å². The Balaban J connectivity index is 2.62. The van der Waals surface area contributed by atoms with Gasteiger partial charge in [-0.1, -0.05) is 17.7 Å². The van der Waals surface area contributed by atoms with Crippen LogP contribution in [0.1, 0.15) is 36.8 Å². The fraction of sp³-hybridized carbons (Fsp3) is 0.571. The summed E-state index contributed by atoms with van der Waals surface area (Å²) in [7, 11) is -4.36. The van der Waals surface area contributed by atoms with Crippen LogP contribution in [-0.4, -0.2) is 35.9 Å². The highest BCUT2D eigenvalue weighted by Crippen LogP contribution is 2.42. The average Bonchev–Trinajstić information content (AvgIpc) is 2.37. The summed E-state index contributed by atoms with van der Waals surface area (Å²) >= 11 is 0. The molecule has 1 aliphatic rings. The summed E-state index contributed by atoms with van der Waals surface area (Å²) < 4.78 is 32.5. The Bertz CT molecular complexity index is 596. The van der Waals surface area contributed by atoms with E-state index in [0.29, 0.717) is 31.2 Å². The summed E-state index contributed by atoms with van der Waals surface area (Å²) in [5, 5.41) is 19.7. The van der Waals surface area contributed by atoms with E-state index in [1.807, 2.05) is 6.92 Å². The Morgan fingerprint density at radius 1 is 1.40 bits per heavy atom. The Labute approximate surface area is 119 Å². The summed E-state index contributed by atoms with van der Waals surface area (Å²) in [6.07, 6.45) is 1.68. The topological polar surface area (TPSA) is 94.8 Å². The van der Waals surface area contributed by atoms with Crippen LogP contribution in [0.25, 0.3) is 0 Å². The van der Waals surface area contributed by atoms with Gasteiger partial charge in [0.05, 0.1) is 17.6 Å². The molecule has 0 aliphatic heterocycles. The molecule has 5 nitrogen and oxygen atoms in total. The zero-order valence-corrected chi connectivity index (χ0v) is 12.2. The molecule has 20 heavy (non-hydrogen) atoms. The van der Waals surface area contributed by atoms with E-state index in [1.54, 1.807) is 12.1 Å². The van der Waals surface area contributed by atoms with Gasteiger partial charge in [0.1, 0.15) is 0 Å². The molecule has 0 bridgehead atoms. The van der Waals surface area contributed by atoms with E-state index >= 15 is 0 Å². The van der Waals surface area contributed by atoms with Crippen LogP contribution in [0.15, 0.2) is 23.1 Å². The molecule has 2 rings (SSSR count). The van der Waals surface area contributed by atoms with Crippen molar-refractivity contribution in [1.82, 2.24) is 0 Å². The second-order valence-corrected chi connectivity index (χ2v) is 7.05. The van der Waals surface area contributed by atoms with Crippen LogP contribution < -0.4 is 0 Å². The highest BCUT2D eigenvalue weighted by molar-refractivity contribution is 7.85. The molecule has 1 saturated carbocycles. The first-order valence-electron chi connectivity index (χ1n) is 6.66. The third-order valence-corrected chi connectivity index (χ3v) is 5.02. The Morgan fingerprint density at radius 2 is 2.10 bits per heavy atom. The van der Waals surface area contributed by atoms with Crippen molar-refractivity contribution in [2.24, 2.45) is 0 Å². The molecule has 6 heteroatoms. The first-order valence-corrected chi connectivity index (χ1v) is 8.10. The third kappa shape index (κ3) is 2.88. The quantitative estimate of drug-likeness (QED) is 0.734. The van der Waals surface area contributed by atoms with Gasteiger partial charge in [0.15, 0.2) is 0 Å². The lowest BCUT2D eigenvalue weighted by atomic mass is 9.69. The number of aliphatic hydroxyl groups is 2. The van der Waals surface area contributed by atoms with Crippen molar-refractivity contribution in [3.63, 3.8) is 0 Å². The van der Waals surface area contributed by atoms with Gasteiger partial charge in [-0.25, -0.2) is 0 Å². The van der Waals surface area contributed by atoms with Crippen LogP contribution in [-0.2, 0) is 15.5 Å². The summed E-state index contributed by atoms with van der Waals surface area (Å²) in [6, 6.07) is 4.65. The monoisotopic (exact) mass is 300 g/mol. The molecule has 2 unspecified atom stereocenters. The predicted molar refractivity (Wildman–Crippen MR) is 74.2 cm³/mol. The van der Waals surface area contributed by atoms with Gasteiger partial charge in [0.25, 0.3) is 10.1 Å². The largest absolute Gasteiger partial charge is 0.395 e. The highest BCUT2D eigenvalue weighted by atomic mass is 32.2. The zero-order chi connectivity index (χ0) is 15.0. The number of aliphatic hydroxyl groups excluding tert-OH is 2. The molecule has 0 heterocycles. The molecule has 0 aromatic heterocycles. The first kappa shape index (κ1) is 15.4. The minimum absolute atomic E-state index is 0.175. The normalized spacial score (nSPS) is 27.5. The second-order valence-electron chi connectivity index (χ2n) is 5.66. The lowest BCUT2D eigenvalue weighted by Gasteiger charge is -2.39. The van der Waals surface area contributed by atoms with Crippen molar-refractivity contribution in [2.75, 3.05) is 6.61 Å². The van der Waals surface area contributed by atoms with Gasteiger partial charge in [-0.05, 0) is 44.2 Å². The minimum atomic E-state index is -4.36. The lowest BCUT2D eigenvalue weighted by molar-refractivity contribution is 0.0523. The molecule has 0 radical (unpaired) electrons. The maximum absolute atomic E-state index is 11.6. The number of rotatable bonds is 3. The van der Waals surface area contributed by atoms with Gasteiger partial charge in [-0.15, -0.1) is 0 Å². The second kappa shape index (κ2) is 5.44. The Kier molecular flexibility index (Phi) is 4.20. The van der Waals surface area contributed by atoms with E-state index in [1.165, 1.54) is 6.07 Å². The molecule has 3 N–H and O–H groups in total. The molecule has 1 aliphatic carbocycles. The van der Waals surface area contributed by atoms with Gasteiger partial charge in [-0.3, -0.25) is 4.55 Å². The first-order chi connectivity index (χ1) is 9.28. The van der Waals surface area contributed by atoms with E-state index in [4.69, 9.17) is 0 Å². The van der Waals surface area contributed by atoms with Gasteiger partial charge >= 0.3 is 0 Å². The van der Waals surface area contributed by atoms with Gasteiger partial charge < -0.3 is 10.2 Å². The van der Waals surface area contributed by atoms with E-state index in [2.05, 4.69) is 0 Å². The van der Waals surface area contributed by atoms with Crippen LogP contribution in [0.4, 0.5) is 0 Å². The summed E-state index contributed by atoms with van der Waals surface area (Å²) in [4.78, 5) is -0.175. The molecule has 0 spiro atoms. The van der Waals surface area contributed by atoms with Crippen LogP contribution in [0.3, 0.4) is 0 Å². The van der Waals surface area contributed by atoms with Crippen molar-refractivity contribution in [3.8, 4) is 0 Å². The molecule has 0 saturated heterocycles. The number of hydrogen-bond donors (Lipinski definition) is 3. The van der Waals surface area contributed by atoms with E-state index in [9.17, 15) is 23.2 Å². The highest BCUT2D eigenvalue weighted by Gasteiger charge is 2.40. The van der Waals surface area contributed by atoms with E-state index in [-0.39, 0.29) is 11.5 Å². The minimum Gasteiger partial charge on any atom is -0.395 e. The van der Waals surface area contributed by atoms with E-state index < -0.39 is 21.6 Å². The molecule has 0 amide bonds. The van der Waals surface area contributed by atoms with Gasteiger partial charge in [-0.2, -0.15) is 8.42 Å². The molecule has 1 aromatic rings. The number of hydrogen-bond acceptors (Lipinski definition) is 4. The lowest BCUT2D eigenvalue weighted by Crippen LogP contribution is -2.39. The predicted octanol–water partition coefficient (Wildman–Crippen LogP) is 1.41. The molecular weight excluding hydrogens is 280 g/mol.